The van der Waals surface area contributed by atoms with Gasteiger partial charge in [-0.3, -0.25) is 9.59 Å². The molecule has 1 aromatic carbocycles. The molecular weight excluding hydrogens is 363 g/mol. The van der Waals surface area contributed by atoms with Crippen LogP contribution in [0.5, 0.6) is 0 Å². The third-order valence-electron chi connectivity index (χ3n) is 4.04. The molecule has 2 amide bonds. The molecular formula is C19H19FN6O2. The maximum absolute atomic E-state index is 13.3. The van der Waals surface area contributed by atoms with Crippen molar-refractivity contribution in [2.45, 2.75) is 19.9 Å². The molecule has 0 bridgehead atoms. The van der Waals surface area contributed by atoms with Gasteiger partial charge in [-0.2, -0.15) is 0 Å². The third-order valence-corrected chi connectivity index (χ3v) is 4.04. The van der Waals surface area contributed by atoms with Crippen LogP contribution in [0.1, 0.15) is 37.8 Å². The van der Waals surface area contributed by atoms with Crippen LogP contribution in [0.25, 0.3) is 0 Å². The van der Waals surface area contributed by atoms with E-state index in [2.05, 4.69) is 30.6 Å². The van der Waals surface area contributed by atoms with E-state index in [0.29, 0.717) is 18.5 Å². The summed E-state index contributed by atoms with van der Waals surface area (Å²) in [6.07, 6.45) is 5.02. The number of aryl methyl sites for hydroxylation is 1. The summed E-state index contributed by atoms with van der Waals surface area (Å²) in [6, 6.07) is 5.94. The van der Waals surface area contributed by atoms with Gasteiger partial charge in [0.1, 0.15) is 23.5 Å². The fourth-order valence-corrected chi connectivity index (χ4v) is 2.52. The first-order valence-electron chi connectivity index (χ1n) is 8.63. The van der Waals surface area contributed by atoms with Crippen LogP contribution >= 0.6 is 0 Å². The zero-order valence-electron chi connectivity index (χ0n) is 15.2. The maximum Gasteiger partial charge on any atom is 0.270 e. The van der Waals surface area contributed by atoms with Crippen LogP contribution in [0.2, 0.25) is 0 Å². The number of rotatable bonds is 7. The highest BCUT2D eigenvalue weighted by atomic mass is 19.1. The number of aromatic nitrogens is 4. The van der Waals surface area contributed by atoms with Crippen molar-refractivity contribution in [1.29, 1.82) is 0 Å². The van der Waals surface area contributed by atoms with E-state index in [1.807, 2.05) is 0 Å². The van der Waals surface area contributed by atoms with Crippen molar-refractivity contribution in [2.75, 3.05) is 6.54 Å². The monoisotopic (exact) mass is 382 g/mol. The van der Waals surface area contributed by atoms with Gasteiger partial charge in [-0.05, 0) is 24.1 Å². The summed E-state index contributed by atoms with van der Waals surface area (Å²) in [7, 11) is 0. The van der Waals surface area contributed by atoms with E-state index >= 15 is 0 Å². The molecule has 3 rings (SSSR count). The summed E-state index contributed by atoms with van der Waals surface area (Å²) >= 11 is 0. The molecule has 0 atom stereocenters. The second-order valence-corrected chi connectivity index (χ2v) is 6.14. The summed E-state index contributed by atoms with van der Waals surface area (Å²) < 4.78 is 13.3. The molecule has 0 fully saturated rings. The Morgan fingerprint density at radius 3 is 2.54 bits per heavy atom. The van der Waals surface area contributed by atoms with Crippen molar-refractivity contribution in [3.63, 3.8) is 0 Å². The van der Waals surface area contributed by atoms with Crippen LogP contribution in [0.4, 0.5) is 4.39 Å². The third kappa shape index (κ3) is 4.97. The van der Waals surface area contributed by atoms with Crippen LogP contribution in [-0.2, 0) is 13.0 Å². The Kier molecular flexibility index (Phi) is 6.05. The Morgan fingerprint density at radius 1 is 1.11 bits per heavy atom. The minimum Gasteiger partial charge on any atom is -0.350 e. The van der Waals surface area contributed by atoms with Crippen molar-refractivity contribution < 1.29 is 14.0 Å². The van der Waals surface area contributed by atoms with Gasteiger partial charge >= 0.3 is 0 Å². The van der Waals surface area contributed by atoms with E-state index in [1.165, 1.54) is 18.5 Å². The van der Waals surface area contributed by atoms with E-state index in [9.17, 15) is 14.0 Å². The zero-order valence-corrected chi connectivity index (χ0v) is 15.2. The van der Waals surface area contributed by atoms with E-state index < -0.39 is 11.8 Å². The Labute approximate surface area is 160 Å². The number of imidazole rings is 1. The molecule has 0 saturated carbocycles. The highest BCUT2D eigenvalue weighted by Crippen LogP contribution is 2.09. The molecule has 0 aliphatic rings. The smallest absolute Gasteiger partial charge is 0.270 e. The lowest BCUT2D eigenvalue weighted by atomic mass is 10.1. The van der Waals surface area contributed by atoms with Gasteiger partial charge in [0.2, 0.25) is 0 Å². The standard InChI is InChI=1S/C19H19FN6O2/c1-12-6-13(2-3-15(12)20)8-23-19(28)17-7-16(25-11-26-17)18(27)22-5-4-14-9-21-10-24-14/h2-3,6-7,9-11H,4-5,8H2,1H3,(H,21,24)(H,22,27)(H,23,28). The molecule has 0 aliphatic carbocycles. The number of carbonyl (C=O) groups excluding carboxylic acids is 2. The van der Waals surface area contributed by atoms with Crippen LogP contribution in [0.3, 0.4) is 0 Å². The fourth-order valence-electron chi connectivity index (χ4n) is 2.52. The number of nitrogens with one attached hydrogen (secondary N) is 3. The second kappa shape index (κ2) is 8.85. The summed E-state index contributed by atoms with van der Waals surface area (Å²) in [5.41, 5.74) is 2.34. The number of hydrogen-bond acceptors (Lipinski definition) is 5. The van der Waals surface area contributed by atoms with Gasteiger partial charge < -0.3 is 15.6 Å². The highest BCUT2D eigenvalue weighted by molar-refractivity contribution is 5.97. The van der Waals surface area contributed by atoms with Gasteiger partial charge in [-0.1, -0.05) is 12.1 Å². The lowest BCUT2D eigenvalue weighted by Crippen LogP contribution is -2.28. The van der Waals surface area contributed by atoms with E-state index in [1.54, 1.807) is 31.6 Å². The second-order valence-electron chi connectivity index (χ2n) is 6.14. The number of amides is 2. The molecule has 3 N–H and O–H groups in total. The quantitative estimate of drug-likeness (QED) is 0.574. The fraction of sp³-hybridized carbons (Fsp3) is 0.211. The predicted molar refractivity (Wildman–Crippen MR) is 99.0 cm³/mol. The molecule has 0 radical (unpaired) electrons. The van der Waals surface area contributed by atoms with Crippen molar-refractivity contribution >= 4 is 11.8 Å². The number of carbonyl (C=O) groups is 2. The number of halogens is 1. The van der Waals surface area contributed by atoms with Crippen molar-refractivity contribution in [2.24, 2.45) is 0 Å². The minimum absolute atomic E-state index is 0.0764. The van der Waals surface area contributed by atoms with Crippen LogP contribution in [0.15, 0.2) is 43.1 Å². The van der Waals surface area contributed by atoms with Crippen molar-refractivity contribution in [1.82, 2.24) is 30.6 Å². The molecule has 0 spiro atoms. The molecule has 8 nitrogen and oxygen atoms in total. The topological polar surface area (TPSA) is 113 Å². The Hall–Kier alpha value is -3.62. The van der Waals surface area contributed by atoms with Gasteiger partial charge in [0.15, 0.2) is 0 Å². The molecule has 9 heteroatoms. The Balaban J connectivity index is 1.56. The molecule has 0 aliphatic heterocycles. The van der Waals surface area contributed by atoms with Crippen LogP contribution in [-0.4, -0.2) is 38.3 Å². The van der Waals surface area contributed by atoms with Gasteiger partial charge in [0.05, 0.1) is 6.33 Å². The molecule has 3 aromatic rings. The Morgan fingerprint density at radius 2 is 1.86 bits per heavy atom. The van der Waals surface area contributed by atoms with E-state index in [4.69, 9.17) is 0 Å². The van der Waals surface area contributed by atoms with Crippen molar-refractivity contribution in [3.8, 4) is 0 Å². The molecule has 0 unspecified atom stereocenters. The maximum atomic E-state index is 13.3. The first kappa shape index (κ1) is 19.2. The first-order valence-corrected chi connectivity index (χ1v) is 8.63. The van der Waals surface area contributed by atoms with Crippen LogP contribution < -0.4 is 10.6 Å². The molecule has 28 heavy (non-hydrogen) atoms. The predicted octanol–water partition coefficient (Wildman–Crippen LogP) is 1.55. The number of benzene rings is 1. The summed E-state index contributed by atoms with van der Waals surface area (Å²) in [5, 5.41) is 5.42. The summed E-state index contributed by atoms with van der Waals surface area (Å²) in [5.74, 6) is -1.14. The number of nitrogens with zero attached hydrogens (tertiary/aromatic N) is 3. The normalized spacial score (nSPS) is 10.5. The first-order chi connectivity index (χ1) is 13.5. The molecule has 0 saturated heterocycles. The summed E-state index contributed by atoms with van der Waals surface area (Å²) in [6.45, 7) is 2.27. The van der Waals surface area contributed by atoms with Gasteiger partial charge in [0.25, 0.3) is 11.8 Å². The average Bonchev–Trinajstić information content (AvgIpc) is 3.22. The average molecular weight is 382 g/mol. The van der Waals surface area contributed by atoms with Crippen molar-refractivity contribution in [3.05, 3.63) is 77.1 Å². The largest absolute Gasteiger partial charge is 0.350 e. The highest BCUT2D eigenvalue weighted by Gasteiger charge is 2.13. The van der Waals surface area contributed by atoms with Gasteiger partial charge in [-0.25, -0.2) is 19.3 Å². The number of H-pyrrole nitrogens is 1. The van der Waals surface area contributed by atoms with Crippen LogP contribution in [0, 0.1) is 12.7 Å². The molecule has 2 heterocycles. The minimum atomic E-state index is -0.448. The van der Waals surface area contributed by atoms with E-state index in [0.717, 1.165) is 11.3 Å². The lowest BCUT2D eigenvalue weighted by molar-refractivity contribution is 0.0945. The number of aromatic amines is 1. The molecule has 2 aromatic heterocycles. The van der Waals surface area contributed by atoms with Gasteiger partial charge in [0, 0.05) is 37.5 Å². The SMILES string of the molecule is Cc1cc(CNC(=O)c2cc(C(=O)NCCc3cnc[nH]3)ncn2)ccc1F. The summed E-state index contributed by atoms with van der Waals surface area (Å²) in [4.78, 5) is 39.2. The lowest BCUT2D eigenvalue weighted by Gasteiger charge is -2.07. The van der Waals surface area contributed by atoms with Gasteiger partial charge in [-0.15, -0.1) is 0 Å². The zero-order chi connectivity index (χ0) is 19.9. The molecule has 144 valence electrons. The van der Waals surface area contributed by atoms with E-state index in [-0.39, 0.29) is 23.7 Å². The Bertz CT molecular complexity index is 974. The number of hydrogen-bond donors (Lipinski definition) is 3.